The summed E-state index contributed by atoms with van der Waals surface area (Å²) >= 11 is 0. The van der Waals surface area contributed by atoms with Crippen molar-refractivity contribution < 1.29 is 0 Å². The van der Waals surface area contributed by atoms with Crippen LogP contribution in [0.5, 0.6) is 0 Å². The third kappa shape index (κ3) is 15.9. The van der Waals surface area contributed by atoms with Gasteiger partial charge in [0.15, 0.2) is 8.07 Å². The van der Waals surface area contributed by atoms with Crippen LogP contribution < -0.4 is 20.7 Å². The Balaban J connectivity index is 2.09. The van der Waals surface area contributed by atoms with E-state index in [0.29, 0.717) is 42.1 Å². The first-order chi connectivity index (χ1) is 40.7. The molecule has 0 saturated carbocycles. The van der Waals surface area contributed by atoms with Gasteiger partial charge in [0.05, 0.1) is 0 Å². The standard InChI is InChI=1S/C78H146Si14/c1-55-47-57(3)69(58(4)48-55)91(71-63(75(83(19,20)21)84(22,23)24)51-61(73(79(7,8)9)80(10,11)12)52-64(71)76(85(25,26)27)86(28,29)30)45-43-67-68(44-46-91)92(67,70-59(5)49-56(2)50-60(70)6)72-65(77(87(31,32)33)88(34,35)36)53-62(74(81(13,14)15)82(16,17)18)54-66(72)78(89(37,38)39)90(40,41)42/h43-54,67-68,73-78H,1-42H3/t67-,68+,91?,92?. The van der Waals surface area contributed by atoms with Crippen LogP contribution in [0.2, 0.25) is 247 Å². The predicted molar refractivity (Wildman–Crippen MR) is 467 cm³/mol. The van der Waals surface area contributed by atoms with Crippen molar-refractivity contribution in [3.8, 4) is 0 Å². The Morgan fingerprint density at radius 3 is 0.641 bits per heavy atom. The molecule has 0 amide bonds. The van der Waals surface area contributed by atoms with Gasteiger partial charge in [0.1, 0.15) is 8.07 Å². The molecule has 0 aliphatic carbocycles. The van der Waals surface area contributed by atoms with Gasteiger partial charge in [-0.15, -0.1) is 0 Å². The topological polar surface area (TPSA) is 0 Å². The number of aryl methyl sites for hydroxylation is 6. The molecule has 4 aromatic rings. The molecule has 0 N–H and O–H groups in total. The molecule has 1 saturated heterocycles. The molecular weight excluding hydrogens is 1330 g/mol. The molecule has 1 fully saturated rings. The lowest BCUT2D eigenvalue weighted by atomic mass is 10.1. The van der Waals surface area contributed by atoms with Crippen molar-refractivity contribution in [2.75, 3.05) is 0 Å². The van der Waals surface area contributed by atoms with Gasteiger partial charge in [0.25, 0.3) is 0 Å². The van der Waals surface area contributed by atoms with Crippen molar-refractivity contribution in [3.05, 3.63) is 139 Å². The Hall–Kier alpha value is -0.604. The van der Waals surface area contributed by atoms with Gasteiger partial charge in [0.2, 0.25) is 0 Å². The van der Waals surface area contributed by atoms with Crippen LogP contribution in [0.15, 0.2) is 72.1 Å². The van der Waals surface area contributed by atoms with E-state index in [-0.39, 0.29) is 0 Å². The third-order valence-corrected chi connectivity index (χ3v) is 88.3. The first kappa shape index (κ1) is 80.4. The SMILES string of the molecule is Cc1cc(C)c([Si]2(c3c(C([Si](C)(C)C)[Si](C)(C)C)cc(C([Si](C)(C)C)[Si](C)(C)C)cc3C([Si](C)(C)C)[Si](C)(C)C)C=C[C@@H]3[C@H](C=C2)[Si]3(c2c(C)cc(C)cc2C)c2c(C([Si](C)(C)C)[Si](C)(C)C)cc(C([Si](C)(C)C)[Si](C)(C)C)cc2C([Si](C)(C)C)[Si](C)(C)C)c(C)c1. The minimum Gasteiger partial charge on any atom is -0.0900 e. The summed E-state index contributed by atoms with van der Waals surface area (Å²) < 4.78 is 0. The largest absolute Gasteiger partial charge is 0.165 e. The first-order valence-electron chi connectivity index (χ1n) is 36.6. The number of fused-ring (bicyclic) bond motifs is 1. The normalized spacial score (nSPS) is 20.4. The summed E-state index contributed by atoms with van der Waals surface area (Å²) in [6.07, 6.45) is 6.24. The van der Waals surface area contributed by atoms with E-state index in [0.717, 1.165) is 0 Å². The molecular formula is C78H146Si14. The number of rotatable bonds is 22. The maximum atomic E-state index is 3.17. The molecule has 0 radical (unpaired) electrons. The molecule has 92 heavy (non-hydrogen) atoms. The predicted octanol–water partition coefficient (Wildman–Crippen LogP) is 23.4. The van der Waals surface area contributed by atoms with Crippen LogP contribution in [0.3, 0.4) is 0 Å². The Kier molecular flexibility index (Phi) is 22.5. The molecule has 0 spiro atoms. The maximum Gasteiger partial charge on any atom is 0.165 e. The number of benzene rings is 4. The van der Waals surface area contributed by atoms with Crippen LogP contribution in [0, 0.1) is 41.5 Å². The molecule has 2 heterocycles. The zero-order chi connectivity index (χ0) is 71.3. The van der Waals surface area contributed by atoms with Crippen molar-refractivity contribution in [1.29, 1.82) is 0 Å². The van der Waals surface area contributed by atoms with Crippen LogP contribution in [0.1, 0.15) is 97.7 Å². The Morgan fingerprint density at radius 1 is 0.239 bits per heavy atom. The minimum atomic E-state index is -3.04. The summed E-state index contributed by atoms with van der Waals surface area (Å²) in [5.74, 6) is 0. The van der Waals surface area contributed by atoms with E-state index >= 15 is 0 Å². The molecule has 4 aromatic carbocycles. The van der Waals surface area contributed by atoms with Gasteiger partial charge in [-0.05, 0) is 138 Å². The Morgan fingerprint density at radius 2 is 0.435 bits per heavy atom. The van der Waals surface area contributed by atoms with Gasteiger partial charge in [0, 0.05) is 96.9 Å². The van der Waals surface area contributed by atoms with E-state index in [1.807, 2.05) is 37.8 Å². The van der Waals surface area contributed by atoms with Crippen molar-refractivity contribution in [2.24, 2.45) is 0 Å². The molecule has 2 unspecified atom stereocenters. The average Bonchev–Trinajstić information content (AvgIpc) is 1.47. The van der Waals surface area contributed by atoms with Gasteiger partial charge in [-0.3, -0.25) is 0 Å². The van der Waals surface area contributed by atoms with Gasteiger partial charge in [-0.25, -0.2) is 0 Å². The molecule has 0 nitrogen and oxygen atoms in total. The lowest BCUT2D eigenvalue weighted by Gasteiger charge is -2.48. The summed E-state index contributed by atoms with van der Waals surface area (Å²) in [7, 11) is -27.8. The highest BCUT2D eigenvalue weighted by molar-refractivity contribution is 7.17. The molecule has 514 valence electrons. The molecule has 0 aromatic heterocycles. The summed E-state index contributed by atoms with van der Waals surface area (Å²) in [6.45, 7) is 115. The summed E-state index contributed by atoms with van der Waals surface area (Å²) in [5, 5.41) is 11.2. The monoisotopic (exact) mass is 1470 g/mol. The van der Waals surface area contributed by atoms with E-state index in [1.54, 1.807) is 27.4 Å². The highest BCUT2D eigenvalue weighted by Crippen LogP contribution is 2.65. The summed E-state index contributed by atoms with van der Waals surface area (Å²) in [4.78, 5) is 0. The highest BCUT2D eigenvalue weighted by atomic mass is 28.4. The second kappa shape index (κ2) is 25.8. The minimum absolute atomic E-state index is 0.462. The van der Waals surface area contributed by atoms with Gasteiger partial charge in [-0.1, -0.05) is 341 Å². The van der Waals surface area contributed by atoms with E-state index in [4.69, 9.17) is 0 Å². The summed E-state index contributed by atoms with van der Waals surface area (Å²) in [6, 6.07) is 22.8. The zero-order valence-electron chi connectivity index (χ0n) is 68.5. The van der Waals surface area contributed by atoms with Crippen LogP contribution in [0.25, 0.3) is 0 Å². The average molecular weight is 1480 g/mol. The third-order valence-electron chi connectivity index (χ3n) is 22.2. The van der Waals surface area contributed by atoms with Gasteiger partial charge < -0.3 is 0 Å². The fraction of sp³-hybridized carbons (Fsp3) is 0.641. The fourth-order valence-corrected chi connectivity index (χ4v) is 113. The van der Waals surface area contributed by atoms with Crippen LogP contribution in [0.4, 0.5) is 0 Å². The number of hydrogen-bond acceptors (Lipinski definition) is 0. The van der Waals surface area contributed by atoms with Crippen LogP contribution in [-0.2, 0) is 0 Å². The quantitative estimate of drug-likeness (QED) is 0.0688. The second-order valence-corrected chi connectivity index (χ2v) is 119. The van der Waals surface area contributed by atoms with Gasteiger partial charge >= 0.3 is 0 Å². The van der Waals surface area contributed by atoms with E-state index in [1.165, 1.54) is 22.3 Å². The lowest BCUT2D eigenvalue weighted by Crippen LogP contribution is -2.64. The lowest BCUT2D eigenvalue weighted by molar-refractivity contribution is 1.09. The van der Waals surface area contributed by atoms with Gasteiger partial charge in [-0.2, -0.15) is 0 Å². The van der Waals surface area contributed by atoms with Crippen molar-refractivity contribution in [2.45, 2.75) is 319 Å². The van der Waals surface area contributed by atoms with E-state index in [9.17, 15) is 0 Å². The van der Waals surface area contributed by atoms with Crippen molar-refractivity contribution in [3.63, 3.8) is 0 Å². The van der Waals surface area contributed by atoms with E-state index < -0.39 is 113 Å². The highest BCUT2D eigenvalue weighted by Gasteiger charge is 2.70. The zero-order valence-corrected chi connectivity index (χ0v) is 82.5. The van der Waals surface area contributed by atoms with Crippen LogP contribution in [-0.4, -0.2) is 113 Å². The van der Waals surface area contributed by atoms with E-state index in [2.05, 4.69) is 349 Å². The van der Waals surface area contributed by atoms with Crippen LogP contribution >= 0.6 is 0 Å². The smallest absolute Gasteiger partial charge is 0.0900 e. The number of hydrogen-bond donors (Lipinski definition) is 0. The fourth-order valence-electron chi connectivity index (χ4n) is 23.6. The second-order valence-electron chi connectivity index (χ2n) is 44.2. The molecule has 4 atom stereocenters. The molecule has 2 aliphatic heterocycles. The molecule has 6 rings (SSSR count). The Labute approximate surface area is 586 Å². The van der Waals surface area contributed by atoms with Crippen molar-refractivity contribution >= 4 is 134 Å². The summed E-state index contributed by atoms with van der Waals surface area (Å²) in [5.41, 5.74) is 27.4. The number of allylic oxidation sites excluding steroid dienone is 2. The maximum absolute atomic E-state index is 3.17. The molecule has 14 heteroatoms. The molecule has 2 aliphatic rings. The van der Waals surface area contributed by atoms with Crippen molar-refractivity contribution in [1.82, 2.24) is 0 Å². The Bertz CT molecular complexity index is 3190. The molecule has 0 bridgehead atoms. The first-order valence-corrected chi connectivity index (χ1v) is 83.9.